The zero-order chi connectivity index (χ0) is 21.7. The van der Waals surface area contributed by atoms with Gasteiger partial charge in [0.1, 0.15) is 5.75 Å². The van der Waals surface area contributed by atoms with Crippen molar-refractivity contribution in [1.29, 1.82) is 0 Å². The van der Waals surface area contributed by atoms with Gasteiger partial charge in [-0.3, -0.25) is 25.2 Å². The molecule has 0 saturated carbocycles. The lowest BCUT2D eigenvalue weighted by Crippen LogP contribution is -2.44. The van der Waals surface area contributed by atoms with Gasteiger partial charge >= 0.3 is 0 Å². The van der Waals surface area contributed by atoms with E-state index in [9.17, 15) is 14.4 Å². The highest BCUT2D eigenvalue weighted by atomic mass is 16.5. The maximum absolute atomic E-state index is 12.6. The van der Waals surface area contributed by atoms with E-state index >= 15 is 0 Å². The Bertz CT molecular complexity index is 1120. The standard InChI is InChI=1S/C22H24N4O4/c1-4-26-22(29)18-8-6-5-7-17(18)20(25-26)21(28)24-23-19(27)13-30-16-11-9-15(10-12-16)14(2)3/h5-12,14H,4,13H2,1-3H3,(H,23,27)(H,24,28). The summed E-state index contributed by atoms with van der Waals surface area (Å²) in [6, 6.07) is 14.2. The van der Waals surface area contributed by atoms with Gasteiger partial charge in [0, 0.05) is 11.9 Å². The highest BCUT2D eigenvalue weighted by molar-refractivity contribution is 6.05. The lowest BCUT2D eigenvalue weighted by atomic mass is 10.0. The van der Waals surface area contributed by atoms with Crippen molar-refractivity contribution in [3.05, 3.63) is 70.1 Å². The Hall–Kier alpha value is -3.68. The molecule has 2 N–H and O–H groups in total. The number of amides is 2. The van der Waals surface area contributed by atoms with E-state index in [2.05, 4.69) is 29.8 Å². The molecule has 1 heterocycles. The third kappa shape index (κ3) is 4.65. The first-order valence-corrected chi connectivity index (χ1v) is 9.72. The van der Waals surface area contributed by atoms with Crippen molar-refractivity contribution in [3.8, 4) is 5.75 Å². The Morgan fingerprint density at radius 2 is 1.70 bits per heavy atom. The summed E-state index contributed by atoms with van der Waals surface area (Å²) in [5, 5.41) is 4.93. The summed E-state index contributed by atoms with van der Waals surface area (Å²) in [4.78, 5) is 37.0. The lowest BCUT2D eigenvalue weighted by Gasteiger charge is -2.12. The molecule has 0 unspecified atom stereocenters. The molecule has 30 heavy (non-hydrogen) atoms. The highest BCUT2D eigenvalue weighted by Crippen LogP contribution is 2.18. The number of rotatable bonds is 6. The van der Waals surface area contributed by atoms with Crippen LogP contribution < -0.4 is 21.1 Å². The minimum atomic E-state index is -0.622. The third-order valence-corrected chi connectivity index (χ3v) is 4.61. The zero-order valence-electron chi connectivity index (χ0n) is 17.1. The van der Waals surface area contributed by atoms with Crippen LogP contribution in [0.25, 0.3) is 10.8 Å². The van der Waals surface area contributed by atoms with Gasteiger partial charge in [0.2, 0.25) is 0 Å². The molecule has 3 rings (SSSR count). The molecule has 8 heteroatoms. The van der Waals surface area contributed by atoms with Crippen LogP contribution in [0.1, 0.15) is 42.7 Å². The van der Waals surface area contributed by atoms with E-state index in [-0.39, 0.29) is 17.9 Å². The van der Waals surface area contributed by atoms with E-state index in [0.29, 0.717) is 29.0 Å². The van der Waals surface area contributed by atoms with E-state index in [1.165, 1.54) is 10.2 Å². The predicted octanol–water partition coefficient (Wildman–Crippen LogP) is 2.38. The summed E-state index contributed by atoms with van der Waals surface area (Å²) < 4.78 is 6.65. The number of fused-ring (bicyclic) bond motifs is 1. The fourth-order valence-electron chi connectivity index (χ4n) is 2.94. The molecule has 1 aromatic heterocycles. The molecule has 0 aliphatic heterocycles. The number of hydrazine groups is 1. The Morgan fingerprint density at radius 3 is 2.33 bits per heavy atom. The monoisotopic (exact) mass is 408 g/mol. The number of aromatic nitrogens is 2. The first-order chi connectivity index (χ1) is 14.4. The SMILES string of the molecule is CCn1nc(C(=O)NNC(=O)COc2ccc(C(C)C)cc2)c2ccccc2c1=O. The van der Waals surface area contributed by atoms with Crippen molar-refractivity contribution < 1.29 is 14.3 Å². The van der Waals surface area contributed by atoms with Crippen LogP contribution in [0.5, 0.6) is 5.75 Å². The Kier molecular flexibility index (Phi) is 6.46. The van der Waals surface area contributed by atoms with Gasteiger partial charge in [-0.25, -0.2) is 4.68 Å². The second-order valence-corrected chi connectivity index (χ2v) is 7.03. The third-order valence-electron chi connectivity index (χ3n) is 4.61. The van der Waals surface area contributed by atoms with Gasteiger partial charge in [-0.15, -0.1) is 0 Å². The molecule has 0 radical (unpaired) electrons. The Morgan fingerprint density at radius 1 is 1.03 bits per heavy atom. The number of carbonyl (C=O) groups is 2. The molecular formula is C22H24N4O4. The minimum absolute atomic E-state index is 0.0533. The van der Waals surface area contributed by atoms with E-state index in [4.69, 9.17) is 4.74 Å². The molecule has 0 spiro atoms. The molecule has 8 nitrogen and oxygen atoms in total. The number of ether oxygens (including phenoxy) is 1. The number of nitrogens with zero attached hydrogens (tertiary/aromatic N) is 2. The fraction of sp³-hybridized carbons (Fsp3) is 0.273. The second kappa shape index (κ2) is 9.21. The molecule has 0 saturated heterocycles. The maximum atomic E-state index is 12.6. The first-order valence-electron chi connectivity index (χ1n) is 9.72. The number of benzene rings is 2. The number of carbonyl (C=O) groups excluding carboxylic acids is 2. The van der Waals surface area contributed by atoms with Crippen LogP contribution in [0.15, 0.2) is 53.3 Å². The first kappa shape index (κ1) is 21.0. The van der Waals surface area contributed by atoms with Crippen molar-refractivity contribution in [2.45, 2.75) is 33.2 Å². The molecule has 0 aliphatic rings. The van der Waals surface area contributed by atoms with Crippen molar-refractivity contribution >= 4 is 22.6 Å². The van der Waals surface area contributed by atoms with Gasteiger partial charge in [0.25, 0.3) is 17.4 Å². The molecule has 156 valence electrons. The molecular weight excluding hydrogens is 384 g/mol. The summed E-state index contributed by atoms with van der Waals surface area (Å²) in [5.74, 6) is -0.180. The van der Waals surface area contributed by atoms with Crippen LogP contribution >= 0.6 is 0 Å². The van der Waals surface area contributed by atoms with E-state index < -0.39 is 11.8 Å². The number of hydrogen-bond acceptors (Lipinski definition) is 5. The summed E-state index contributed by atoms with van der Waals surface area (Å²) in [7, 11) is 0. The molecule has 2 aromatic carbocycles. The smallest absolute Gasteiger partial charge is 0.290 e. The van der Waals surface area contributed by atoms with Crippen molar-refractivity contribution in [2.75, 3.05) is 6.61 Å². The Labute approximate surface area is 173 Å². The number of aryl methyl sites for hydroxylation is 1. The number of hydrogen-bond donors (Lipinski definition) is 2. The normalized spacial score (nSPS) is 10.8. The van der Waals surface area contributed by atoms with Gasteiger partial charge in [0.05, 0.1) is 5.39 Å². The Balaban J connectivity index is 1.63. The van der Waals surface area contributed by atoms with E-state index in [1.54, 1.807) is 43.3 Å². The maximum Gasteiger partial charge on any atom is 0.290 e. The van der Waals surface area contributed by atoms with Gasteiger partial charge in [-0.05, 0) is 36.6 Å². The summed E-state index contributed by atoms with van der Waals surface area (Å²) in [6.45, 7) is 6.01. The zero-order valence-corrected chi connectivity index (χ0v) is 17.1. The highest BCUT2D eigenvalue weighted by Gasteiger charge is 2.17. The lowest BCUT2D eigenvalue weighted by molar-refractivity contribution is -0.123. The topological polar surface area (TPSA) is 102 Å². The predicted molar refractivity (Wildman–Crippen MR) is 113 cm³/mol. The largest absolute Gasteiger partial charge is 0.484 e. The van der Waals surface area contributed by atoms with E-state index in [0.717, 1.165) is 0 Å². The van der Waals surface area contributed by atoms with Crippen LogP contribution in [0.3, 0.4) is 0 Å². The average Bonchev–Trinajstić information content (AvgIpc) is 2.76. The molecule has 3 aromatic rings. The van der Waals surface area contributed by atoms with Crippen LogP contribution in [-0.2, 0) is 11.3 Å². The summed E-state index contributed by atoms with van der Waals surface area (Å²) in [6.07, 6.45) is 0. The quantitative estimate of drug-likeness (QED) is 0.610. The minimum Gasteiger partial charge on any atom is -0.484 e. The number of nitrogens with one attached hydrogen (secondary N) is 2. The van der Waals surface area contributed by atoms with Gasteiger partial charge in [0.15, 0.2) is 12.3 Å². The fourth-order valence-corrected chi connectivity index (χ4v) is 2.94. The molecule has 0 atom stereocenters. The van der Waals surface area contributed by atoms with Crippen molar-refractivity contribution in [1.82, 2.24) is 20.6 Å². The molecule has 0 bridgehead atoms. The van der Waals surface area contributed by atoms with Gasteiger partial charge in [-0.1, -0.05) is 44.2 Å². The molecule has 0 aliphatic carbocycles. The van der Waals surface area contributed by atoms with Crippen molar-refractivity contribution in [3.63, 3.8) is 0 Å². The van der Waals surface area contributed by atoms with E-state index in [1.807, 2.05) is 12.1 Å². The van der Waals surface area contributed by atoms with Crippen LogP contribution in [0.2, 0.25) is 0 Å². The van der Waals surface area contributed by atoms with Crippen LogP contribution in [-0.4, -0.2) is 28.2 Å². The average molecular weight is 408 g/mol. The summed E-state index contributed by atoms with van der Waals surface area (Å²) >= 11 is 0. The second-order valence-electron chi connectivity index (χ2n) is 7.03. The van der Waals surface area contributed by atoms with Crippen molar-refractivity contribution in [2.24, 2.45) is 0 Å². The summed E-state index contributed by atoms with van der Waals surface area (Å²) in [5.41, 5.74) is 5.59. The molecule has 0 fully saturated rings. The van der Waals surface area contributed by atoms with Crippen LogP contribution in [0, 0.1) is 0 Å². The van der Waals surface area contributed by atoms with Gasteiger partial charge in [-0.2, -0.15) is 5.10 Å². The molecule has 2 amide bonds. The van der Waals surface area contributed by atoms with Gasteiger partial charge < -0.3 is 4.74 Å². The van der Waals surface area contributed by atoms with Crippen LogP contribution in [0.4, 0.5) is 0 Å².